The van der Waals surface area contributed by atoms with Gasteiger partial charge >= 0.3 is 0 Å². The topological polar surface area (TPSA) is 49.6 Å². The number of aromatic nitrogens is 2. The van der Waals surface area contributed by atoms with Crippen molar-refractivity contribution in [1.29, 1.82) is 5.26 Å². The third kappa shape index (κ3) is 2.40. The molecule has 23 heavy (non-hydrogen) atoms. The maximum atomic E-state index is 9.06. The average molecular weight is 316 g/mol. The van der Waals surface area contributed by atoms with Gasteiger partial charge in [-0.1, -0.05) is 41.9 Å². The predicted molar refractivity (Wildman–Crippen MR) is 92.2 cm³/mol. The van der Waals surface area contributed by atoms with E-state index in [0.29, 0.717) is 10.7 Å². The van der Waals surface area contributed by atoms with Crippen molar-refractivity contribution in [2.24, 2.45) is 0 Å². The van der Waals surface area contributed by atoms with E-state index in [9.17, 15) is 0 Å². The number of rotatable bonds is 1. The number of halogens is 1. The van der Waals surface area contributed by atoms with Crippen molar-refractivity contribution in [2.75, 3.05) is 0 Å². The lowest BCUT2D eigenvalue weighted by Crippen LogP contribution is -1.89. The molecule has 2 aromatic heterocycles. The van der Waals surface area contributed by atoms with Crippen LogP contribution in [0.4, 0.5) is 0 Å². The Labute approximate surface area is 137 Å². The summed E-state index contributed by atoms with van der Waals surface area (Å²) in [6.07, 6.45) is 0. The van der Waals surface area contributed by atoms with Gasteiger partial charge in [0.25, 0.3) is 0 Å². The van der Waals surface area contributed by atoms with Crippen molar-refractivity contribution >= 4 is 33.4 Å². The van der Waals surface area contributed by atoms with E-state index in [0.717, 1.165) is 33.1 Å². The summed E-state index contributed by atoms with van der Waals surface area (Å²) in [4.78, 5) is 9.18. The van der Waals surface area contributed by atoms with Gasteiger partial charge < -0.3 is 0 Å². The van der Waals surface area contributed by atoms with Crippen molar-refractivity contribution in [2.45, 2.75) is 0 Å². The molecular weight excluding hydrogens is 306 g/mol. The summed E-state index contributed by atoms with van der Waals surface area (Å²) < 4.78 is 0. The SMILES string of the molecule is N#Cc1cccc(-c2ccc3ccc4ccc(Cl)nc4c3n2)c1. The van der Waals surface area contributed by atoms with Gasteiger partial charge in [0.1, 0.15) is 5.15 Å². The van der Waals surface area contributed by atoms with E-state index in [1.165, 1.54) is 0 Å². The summed E-state index contributed by atoms with van der Waals surface area (Å²) in [5, 5.41) is 11.5. The molecule has 0 radical (unpaired) electrons. The fourth-order valence-electron chi connectivity index (χ4n) is 2.65. The zero-order valence-corrected chi connectivity index (χ0v) is 12.7. The van der Waals surface area contributed by atoms with Crippen LogP contribution in [0.15, 0.2) is 60.7 Å². The number of nitrogens with zero attached hydrogens (tertiary/aromatic N) is 3. The van der Waals surface area contributed by atoms with Crippen LogP contribution in [0.1, 0.15) is 5.56 Å². The summed E-state index contributed by atoms with van der Waals surface area (Å²) in [6, 6.07) is 21.3. The first-order valence-electron chi connectivity index (χ1n) is 7.11. The largest absolute Gasteiger partial charge is 0.245 e. The average Bonchev–Trinajstić information content (AvgIpc) is 2.61. The van der Waals surface area contributed by atoms with Crippen LogP contribution in [0.2, 0.25) is 5.15 Å². The molecule has 0 unspecified atom stereocenters. The van der Waals surface area contributed by atoms with Crippen LogP contribution in [0.3, 0.4) is 0 Å². The predicted octanol–water partition coefficient (Wildman–Crippen LogP) is 4.98. The van der Waals surface area contributed by atoms with Crippen molar-refractivity contribution in [3.8, 4) is 17.3 Å². The van der Waals surface area contributed by atoms with E-state index in [-0.39, 0.29) is 0 Å². The van der Waals surface area contributed by atoms with Crippen LogP contribution in [0, 0.1) is 11.3 Å². The second kappa shape index (κ2) is 5.35. The third-order valence-corrected chi connectivity index (χ3v) is 3.98. The Morgan fingerprint density at radius 3 is 2.30 bits per heavy atom. The first-order valence-corrected chi connectivity index (χ1v) is 7.49. The van der Waals surface area contributed by atoms with Gasteiger partial charge in [-0.25, -0.2) is 9.97 Å². The number of fused-ring (bicyclic) bond motifs is 3. The van der Waals surface area contributed by atoms with Gasteiger partial charge in [0.05, 0.1) is 28.4 Å². The molecule has 0 spiro atoms. The van der Waals surface area contributed by atoms with Gasteiger partial charge in [-0.3, -0.25) is 0 Å². The summed E-state index contributed by atoms with van der Waals surface area (Å²) >= 11 is 6.04. The van der Waals surface area contributed by atoms with Crippen molar-refractivity contribution in [3.63, 3.8) is 0 Å². The van der Waals surface area contributed by atoms with E-state index >= 15 is 0 Å². The Bertz CT molecular complexity index is 1100. The Kier molecular flexibility index (Phi) is 3.18. The third-order valence-electron chi connectivity index (χ3n) is 3.77. The van der Waals surface area contributed by atoms with Crippen molar-refractivity contribution < 1.29 is 0 Å². The number of pyridine rings is 2. The van der Waals surface area contributed by atoms with Crippen molar-refractivity contribution in [1.82, 2.24) is 9.97 Å². The number of hydrogen-bond acceptors (Lipinski definition) is 3. The summed E-state index contributed by atoms with van der Waals surface area (Å²) in [7, 11) is 0. The molecule has 0 amide bonds. The Hall–Kier alpha value is -2.96. The number of benzene rings is 2. The zero-order valence-electron chi connectivity index (χ0n) is 12.0. The van der Waals surface area contributed by atoms with Gasteiger partial charge in [0.2, 0.25) is 0 Å². The fraction of sp³-hybridized carbons (Fsp3) is 0. The molecule has 3 nitrogen and oxygen atoms in total. The standard InChI is InChI=1S/C19H10ClN3/c20-17-9-7-14-5-4-13-6-8-16(22-18(13)19(14)23-17)15-3-1-2-12(10-15)11-21/h1-10H. The van der Waals surface area contributed by atoms with E-state index in [1.807, 2.05) is 48.5 Å². The van der Waals surface area contributed by atoms with Crippen molar-refractivity contribution in [3.05, 3.63) is 71.4 Å². The van der Waals surface area contributed by atoms with Crippen LogP contribution in [-0.2, 0) is 0 Å². The fourth-order valence-corrected chi connectivity index (χ4v) is 2.80. The number of hydrogen-bond donors (Lipinski definition) is 0. The van der Waals surface area contributed by atoms with E-state index in [1.54, 1.807) is 12.1 Å². The normalized spacial score (nSPS) is 10.8. The molecule has 2 aromatic carbocycles. The molecule has 108 valence electrons. The molecule has 0 aliphatic heterocycles. The lowest BCUT2D eigenvalue weighted by molar-refractivity contribution is 1.37. The summed E-state index contributed by atoms with van der Waals surface area (Å²) in [5.74, 6) is 0. The quantitative estimate of drug-likeness (QED) is 0.368. The first-order chi connectivity index (χ1) is 11.2. The Balaban J connectivity index is 2.01. The first kappa shape index (κ1) is 13.7. The maximum absolute atomic E-state index is 9.06. The summed E-state index contributed by atoms with van der Waals surface area (Å²) in [6.45, 7) is 0. The molecule has 0 bridgehead atoms. The molecule has 4 rings (SSSR count). The monoisotopic (exact) mass is 315 g/mol. The van der Waals surface area contributed by atoms with Gasteiger partial charge in [0.15, 0.2) is 0 Å². The molecule has 0 N–H and O–H groups in total. The molecule has 4 heteroatoms. The van der Waals surface area contributed by atoms with Crippen LogP contribution in [-0.4, -0.2) is 9.97 Å². The van der Waals surface area contributed by atoms with E-state index in [4.69, 9.17) is 21.8 Å². The second-order valence-corrected chi connectivity index (χ2v) is 5.62. The highest BCUT2D eigenvalue weighted by molar-refractivity contribution is 6.30. The van der Waals surface area contributed by atoms with Gasteiger partial charge in [-0.05, 0) is 30.3 Å². The highest BCUT2D eigenvalue weighted by atomic mass is 35.5. The maximum Gasteiger partial charge on any atom is 0.129 e. The minimum absolute atomic E-state index is 0.448. The highest BCUT2D eigenvalue weighted by Gasteiger charge is 2.07. The minimum atomic E-state index is 0.448. The zero-order chi connectivity index (χ0) is 15.8. The van der Waals surface area contributed by atoms with Crippen LogP contribution in [0.25, 0.3) is 33.1 Å². The van der Waals surface area contributed by atoms with Gasteiger partial charge in [-0.2, -0.15) is 5.26 Å². The molecule has 0 fully saturated rings. The lowest BCUT2D eigenvalue weighted by atomic mass is 10.1. The van der Waals surface area contributed by atoms with Crippen LogP contribution in [0.5, 0.6) is 0 Å². The van der Waals surface area contributed by atoms with Crippen LogP contribution >= 0.6 is 11.6 Å². The molecular formula is C19H10ClN3. The minimum Gasteiger partial charge on any atom is -0.245 e. The van der Waals surface area contributed by atoms with Gasteiger partial charge in [0, 0.05) is 16.3 Å². The molecule has 0 saturated carbocycles. The summed E-state index contributed by atoms with van der Waals surface area (Å²) in [5.41, 5.74) is 3.93. The lowest BCUT2D eigenvalue weighted by Gasteiger charge is -2.06. The molecule has 2 heterocycles. The van der Waals surface area contributed by atoms with E-state index in [2.05, 4.69) is 11.1 Å². The number of nitriles is 1. The smallest absolute Gasteiger partial charge is 0.129 e. The molecule has 4 aromatic rings. The molecule has 0 aliphatic rings. The van der Waals surface area contributed by atoms with E-state index < -0.39 is 0 Å². The Morgan fingerprint density at radius 1 is 0.826 bits per heavy atom. The van der Waals surface area contributed by atoms with Gasteiger partial charge in [-0.15, -0.1) is 0 Å². The second-order valence-electron chi connectivity index (χ2n) is 5.23. The highest BCUT2D eigenvalue weighted by Crippen LogP contribution is 2.27. The van der Waals surface area contributed by atoms with Crippen LogP contribution < -0.4 is 0 Å². The molecule has 0 saturated heterocycles. The molecule has 0 aliphatic carbocycles. The molecule has 0 atom stereocenters. The Morgan fingerprint density at radius 2 is 1.52 bits per heavy atom.